The standard InChI is InChI=1S/C13H12F3N3O2/c1-3-9-11(12(20)21)17-18-19(9)10-6-8(13(14,15)16)5-4-7(10)2/h4-6H,3H2,1-2H3,(H,20,21). The first kappa shape index (κ1) is 15.0. The predicted molar refractivity (Wildman–Crippen MR) is 67.4 cm³/mol. The van der Waals surface area contributed by atoms with Gasteiger partial charge < -0.3 is 5.11 Å². The highest BCUT2D eigenvalue weighted by Crippen LogP contribution is 2.31. The number of aromatic carboxylic acids is 1. The second kappa shape index (κ2) is 5.19. The molecule has 8 heteroatoms. The third-order valence-corrected chi connectivity index (χ3v) is 3.07. The molecular weight excluding hydrogens is 287 g/mol. The van der Waals surface area contributed by atoms with E-state index in [1.54, 1.807) is 13.8 Å². The summed E-state index contributed by atoms with van der Waals surface area (Å²) in [5.41, 5.74) is -0.113. The second-order valence-corrected chi connectivity index (χ2v) is 4.45. The Balaban J connectivity index is 2.64. The Labute approximate surface area is 118 Å². The molecule has 0 radical (unpaired) electrons. The minimum Gasteiger partial charge on any atom is -0.476 e. The first-order valence-electron chi connectivity index (χ1n) is 6.11. The third-order valence-electron chi connectivity index (χ3n) is 3.07. The quantitative estimate of drug-likeness (QED) is 0.946. The molecule has 0 saturated heterocycles. The van der Waals surface area contributed by atoms with Crippen LogP contribution < -0.4 is 0 Å². The molecule has 0 amide bonds. The van der Waals surface area contributed by atoms with Gasteiger partial charge in [-0.25, -0.2) is 9.48 Å². The van der Waals surface area contributed by atoms with Crippen molar-refractivity contribution in [2.45, 2.75) is 26.4 Å². The van der Waals surface area contributed by atoms with E-state index in [9.17, 15) is 18.0 Å². The van der Waals surface area contributed by atoms with E-state index in [-0.39, 0.29) is 23.5 Å². The molecule has 21 heavy (non-hydrogen) atoms. The summed E-state index contributed by atoms with van der Waals surface area (Å²) < 4.78 is 39.5. The zero-order valence-electron chi connectivity index (χ0n) is 11.3. The van der Waals surface area contributed by atoms with E-state index in [1.165, 1.54) is 6.07 Å². The molecule has 0 aliphatic heterocycles. The van der Waals surface area contributed by atoms with Crippen molar-refractivity contribution in [3.8, 4) is 5.69 Å². The van der Waals surface area contributed by atoms with E-state index in [2.05, 4.69) is 10.3 Å². The lowest BCUT2D eigenvalue weighted by Gasteiger charge is -2.12. The van der Waals surface area contributed by atoms with Crippen LogP contribution in [-0.2, 0) is 12.6 Å². The molecule has 112 valence electrons. The smallest absolute Gasteiger partial charge is 0.416 e. The summed E-state index contributed by atoms with van der Waals surface area (Å²) in [5.74, 6) is -1.26. The predicted octanol–water partition coefficient (Wildman–Crippen LogP) is 2.86. The van der Waals surface area contributed by atoms with Crippen molar-refractivity contribution in [3.05, 3.63) is 40.7 Å². The molecule has 0 atom stereocenters. The van der Waals surface area contributed by atoms with Gasteiger partial charge in [0.15, 0.2) is 5.69 Å². The van der Waals surface area contributed by atoms with Gasteiger partial charge in [0.2, 0.25) is 0 Å². The van der Waals surface area contributed by atoms with Crippen LogP contribution >= 0.6 is 0 Å². The fraction of sp³-hybridized carbons (Fsp3) is 0.308. The lowest BCUT2D eigenvalue weighted by molar-refractivity contribution is -0.137. The van der Waals surface area contributed by atoms with Crippen LogP contribution in [0.15, 0.2) is 18.2 Å². The monoisotopic (exact) mass is 299 g/mol. The van der Waals surface area contributed by atoms with E-state index >= 15 is 0 Å². The average molecular weight is 299 g/mol. The number of alkyl halides is 3. The average Bonchev–Trinajstić information content (AvgIpc) is 2.81. The van der Waals surface area contributed by atoms with Crippen LogP contribution in [0.25, 0.3) is 5.69 Å². The van der Waals surface area contributed by atoms with Crippen molar-refractivity contribution in [2.75, 3.05) is 0 Å². The van der Waals surface area contributed by atoms with Gasteiger partial charge in [-0.2, -0.15) is 13.2 Å². The number of aromatic nitrogens is 3. The summed E-state index contributed by atoms with van der Waals surface area (Å²) in [7, 11) is 0. The van der Waals surface area contributed by atoms with E-state index in [4.69, 9.17) is 5.11 Å². The largest absolute Gasteiger partial charge is 0.476 e. The first-order chi connectivity index (χ1) is 9.75. The van der Waals surface area contributed by atoms with E-state index in [0.29, 0.717) is 5.56 Å². The molecule has 0 bridgehead atoms. The highest BCUT2D eigenvalue weighted by molar-refractivity contribution is 5.86. The number of nitrogens with zero attached hydrogens (tertiary/aromatic N) is 3. The summed E-state index contributed by atoms with van der Waals surface area (Å²) in [5, 5.41) is 16.2. The topological polar surface area (TPSA) is 68.0 Å². The van der Waals surface area contributed by atoms with Crippen LogP contribution in [0, 0.1) is 6.92 Å². The minimum atomic E-state index is -4.48. The maximum Gasteiger partial charge on any atom is 0.416 e. The van der Waals surface area contributed by atoms with Crippen molar-refractivity contribution < 1.29 is 23.1 Å². The van der Waals surface area contributed by atoms with Gasteiger partial charge in [-0.1, -0.05) is 18.2 Å². The first-order valence-corrected chi connectivity index (χ1v) is 6.11. The van der Waals surface area contributed by atoms with E-state index in [1.807, 2.05) is 0 Å². The maximum atomic E-state index is 12.8. The van der Waals surface area contributed by atoms with Gasteiger partial charge in [0, 0.05) is 0 Å². The number of halogens is 3. The van der Waals surface area contributed by atoms with Crippen LogP contribution in [-0.4, -0.2) is 26.1 Å². The summed E-state index contributed by atoms with van der Waals surface area (Å²) in [6.07, 6.45) is -4.20. The number of aryl methyl sites for hydroxylation is 1. The number of rotatable bonds is 3. The number of hydrogen-bond acceptors (Lipinski definition) is 3. The van der Waals surface area contributed by atoms with Crippen molar-refractivity contribution in [3.63, 3.8) is 0 Å². The Hall–Kier alpha value is -2.38. The van der Waals surface area contributed by atoms with Gasteiger partial charge >= 0.3 is 12.1 Å². The Morgan fingerprint density at radius 2 is 2.05 bits per heavy atom. The molecular formula is C13H12F3N3O2. The van der Waals surface area contributed by atoms with Crippen LogP contribution in [0.5, 0.6) is 0 Å². The lowest BCUT2D eigenvalue weighted by atomic mass is 10.1. The van der Waals surface area contributed by atoms with Crippen LogP contribution in [0.1, 0.15) is 34.2 Å². The molecule has 1 aromatic carbocycles. The molecule has 0 unspecified atom stereocenters. The Morgan fingerprint density at radius 3 is 2.57 bits per heavy atom. The number of hydrogen-bond donors (Lipinski definition) is 1. The van der Waals surface area contributed by atoms with Crippen molar-refractivity contribution in [2.24, 2.45) is 0 Å². The van der Waals surface area contributed by atoms with Crippen LogP contribution in [0.2, 0.25) is 0 Å². The fourth-order valence-corrected chi connectivity index (χ4v) is 1.99. The number of carbonyl (C=O) groups is 1. The van der Waals surface area contributed by atoms with Crippen molar-refractivity contribution >= 4 is 5.97 Å². The van der Waals surface area contributed by atoms with E-state index in [0.717, 1.165) is 16.8 Å². The molecule has 1 N–H and O–H groups in total. The lowest BCUT2D eigenvalue weighted by Crippen LogP contribution is -2.10. The van der Waals surface area contributed by atoms with Crippen LogP contribution in [0.4, 0.5) is 13.2 Å². The molecule has 0 spiro atoms. The number of carboxylic acid groups (broad SMARTS) is 1. The SMILES string of the molecule is CCc1c(C(=O)O)nnn1-c1cc(C(F)(F)F)ccc1C. The third kappa shape index (κ3) is 2.74. The molecule has 2 aromatic rings. The second-order valence-electron chi connectivity index (χ2n) is 4.45. The Morgan fingerprint density at radius 1 is 1.38 bits per heavy atom. The molecule has 1 aromatic heterocycles. The number of carboxylic acids is 1. The molecule has 5 nitrogen and oxygen atoms in total. The zero-order chi connectivity index (χ0) is 15.8. The van der Waals surface area contributed by atoms with Gasteiger partial charge in [-0.15, -0.1) is 5.10 Å². The van der Waals surface area contributed by atoms with Gasteiger partial charge in [-0.05, 0) is 31.0 Å². The summed E-state index contributed by atoms with van der Waals surface area (Å²) in [6.45, 7) is 3.31. The Bertz CT molecular complexity index is 692. The van der Waals surface area contributed by atoms with Crippen LogP contribution in [0.3, 0.4) is 0 Å². The molecule has 0 aliphatic carbocycles. The summed E-state index contributed by atoms with van der Waals surface area (Å²) in [6, 6.07) is 3.23. The van der Waals surface area contributed by atoms with Gasteiger partial charge in [0.05, 0.1) is 16.9 Å². The normalized spacial score (nSPS) is 11.7. The van der Waals surface area contributed by atoms with Crippen molar-refractivity contribution in [1.29, 1.82) is 0 Å². The molecule has 0 fully saturated rings. The van der Waals surface area contributed by atoms with Gasteiger partial charge in [0.1, 0.15) is 0 Å². The molecule has 0 aliphatic rings. The maximum absolute atomic E-state index is 12.8. The Kier molecular flexibility index (Phi) is 3.71. The van der Waals surface area contributed by atoms with Gasteiger partial charge in [-0.3, -0.25) is 0 Å². The summed E-state index contributed by atoms with van der Waals surface area (Å²) in [4.78, 5) is 11.0. The summed E-state index contributed by atoms with van der Waals surface area (Å²) >= 11 is 0. The molecule has 0 saturated carbocycles. The molecule has 2 rings (SSSR count). The van der Waals surface area contributed by atoms with E-state index < -0.39 is 17.7 Å². The molecule has 1 heterocycles. The minimum absolute atomic E-state index is 0.168. The highest BCUT2D eigenvalue weighted by Gasteiger charge is 2.31. The highest BCUT2D eigenvalue weighted by atomic mass is 19.4. The number of benzene rings is 1. The van der Waals surface area contributed by atoms with Crippen molar-refractivity contribution in [1.82, 2.24) is 15.0 Å². The zero-order valence-corrected chi connectivity index (χ0v) is 11.3. The fourth-order valence-electron chi connectivity index (χ4n) is 1.99. The van der Waals surface area contributed by atoms with Gasteiger partial charge in [0.25, 0.3) is 0 Å².